The molecule has 0 unspecified atom stereocenters. The quantitative estimate of drug-likeness (QED) is 0.766. The monoisotopic (exact) mass is 264 g/mol. The zero-order chi connectivity index (χ0) is 14.3. The number of ether oxygens (including phenoxy) is 1. The molecule has 0 saturated heterocycles. The molecular formula is C16H28N2O. The average Bonchev–Trinajstić information content (AvgIpc) is 2.32. The first-order valence-corrected chi connectivity index (χ1v) is 6.99. The molecular weight excluding hydrogens is 236 g/mol. The summed E-state index contributed by atoms with van der Waals surface area (Å²) in [6, 6.07) is 8.17. The molecule has 1 aromatic rings. The van der Waals surface area contributed by atoms with Crippen molar-refractivity contribution in [3.63, 3.8) is 0 Å². The van der Waals surface area contributed by atoms with Crippen molar-refractivity contribution in [1.29, 1.82) is 0 Å². The first-order chi connectivity index (χ1) is 8.88. The molecule has 19 heavy (non-hydrogen) atoms. The van der Waals surface area contributed by atoms with Crippen LogP contribution in [0.25, 0.3) is 0 Å². The minimum Gasteiger partial charge on any atom is -0.492 e. The van der Waals surface area contributed by atoms with Crippen molar-refractivity contribution in [3.05, 3.63) is 24.3 Å². The maximum Gasteiger partial charge on any atom is 0.121 e. The molecule has 0 bridgehead atoms. The zero-order valence-electron chi connectivity index (χ0n) is 13.0. The maximum absolute atomic E-state index is 5.74. The minimum absolute atomic E-state index is 0.397. The Morgan fingerprint density at radius 2 is 1.89 bits per heavy atom. The summed E-state index contributed by atoms with van der Waals surface area (Å²) in [5.41, 5.74) is 1.56. The van der Waals surface area contributed by atoms with Gasteiger partial charge in [0.2, 0.25) is 0 Å². The predicted octanol–water partition coefficient (Wildman–Crippen LogP) is 3.16. The number of rotatable bonds is 7. The predicted molar refractivity (Wildman–Crippen MR) is 83.2 cm³/mol. The van der Waals surface area contributed by atoms with Crippen molar-refractivity contribution in [2.75, 3.05) is 38.7 Å². The maximum atomic E-state index is 5.74. The van der Waals surface area contributed by atoms with Crippen molar-refractivity contribution >= 4 is 5.69 Å². The van der Waals surface area contributed by atoms with E-state index in [1.165, 1.54) is 6.42 Å². The number of hydrogen-bond donors (Lipinski definition) is 1. The highest BCUT2D eigenvalue weighted by atomic mass is 16.5. The lowest BCUT2D eigenvalue weighted by molar-refractivity contribution is 0.304. The van der Waals surface area contributed by atoms with E-state index in [1.807, 2.05) is 26.2 Å². The Bertz CT molecular complexity index is 369. The Morgan fingerprint density at radius 1 is 1.16 bits per heavy atom. The molecule has 0 radical (unpaired) electrons. The van der Waals surface area contributed by atoms with Crippen LogP contribution >= 0.6 is 0 Å². The van der Waals surface area contributed by atoms with Gasteiger partial charge in [0, 0.05) is 32.4 Å². The molecule has 0 spiro atoms. The first-order valence-electron chi connectivity index (χ1n) is 6.99. The third-order valence-corrected chi connectivity index (χ3v) is 2.93. The number of hydrogen-bond acceptors (Lipinski definition) is 3. The van der Waals surface area contributed by atoms with Crippen LogP contribution in [0.2, 0.25) is 0 Å². The molecule has 0 aromatic heterocycles. The summed E-state index contributed by atoms with van der Waals surface area (Å²) >= 11 is 0. The summed E-state index contributed by atoms with van der Waals surface area (Å²) in [5, 5.41) is 3.41. The van der Waals surface area contributed by atoms with Gasteiger partial charge in [-0.3, -0.25) is 0 Å². The SMILES string of the molecule is CN(C)c1cccc(OCCNCCC(C)(C)C)c1. The van der Waals surface area contributed by atoms with Gasteiger partial charge >= 0.3 is 0 Å². The molecule has 0 aliphatic rings. The molecule has 0 heterocycles. The Morgan fingerprint density at radius 3 is 2.53 bits per heavy atom. The van der Waals surface area contributed by atoms with Crippen LogP contribution in [0, 0.1) is 5.41 Å². The molecule has 1 rings (SSSR count). The molecule has 0 aliphatic heterocycles. The van der Waals surface area contributed by atoms with Gasteiger partial charge in [-0.2, -0.15) is 0 Å². The second-order valence-electron chi connectivity index (χ2n) is 6.30. The van der Waals surface area contributed by atoms with Gasteiger partial charge in [0.15, 0.2) is 0 Å². The van der Waals surface area contributed by atoms with Crippen molar-refractivity contribution < 1.29 is 4.74 Å². The molecule has 0 saturated carbocycles. The average molecular weight is 264 g/mol. The standard InChI is InChI=1S/C16H28N2O/c1-16(2,3)9-10-17-11-12-19-15-8-6-7-14(13-15)18(4)5/h6-8,13,17H,9-12H2,1-5H3. The van der Waals surface area contributed by atoms with E-state index in [0.717, 1.165) is 24.5 Å². The molecule has 0 aliphatic carbocycles. The normalized spacial score (nSPS) is 11.4. The number of nitrogens with one attached hydrogen (secondary N) is 1. The third-order valence-electron chi connectivity index (χ3n) is 2.93. The highest BCUT2D eigenvalue weighted by molar-refractivity contribution is 5.49. The molecule has 0 atom stereocenters. The van der Waals surface area contributed by atoms with Crippen LogP contribution in [0.15, 0.2) is 24.3 Å². The van der Waals surface area contributed by atoms with Gasteiger partial charge in [-0.25, -0.2) is 0 Å². The fraction of sp³-hybridized carbons (Fsp3) is 0.625. The van der Waals surface area contributed by atoms with E-state index in [2.05, 4.69) is 43.1 Å². The van der Waals surface area contributed by atoms with Crippen LogP contribution in [0.1, 0.15) is 27.2 Å². The fourth-order valence-corrected chi connectivity index (χ4v) is 1.68. The van der Waals surface area contributed by atoms with Gasteiger partial charge < -0.3 is 15.0 Å². The number of benzene rings is 1. The lowest BCUT2D eigenvalue weighted by atomic mass is 9.92. The molecule has 0 fully saturated rings. The second kappa shape index (κ2) is 7.39. The second-order valence-corrected chi connectivity index (χ2v) is 6.30. The van der Waals surface area contributed by atoms with Crippen LogP contribution in [-0.4, -0.2) is 33.8 Å². The first kappa shape index (κ1) is 15.8. The summed E-state index contributed by atoms with van der Waals surface area (Å²) in [5.74, 6) is 0.934. The summed E-state index contributed by atoms with van der Waals surface area (Å²) in [7, 11) is 4.07. The summed E-state index contributed by atoms with van der Waals surface area (Å²) in [6.45, 7) is 9.43. The Labute approximate surface area is 118 Å². The smallest absolute Gasteiger partial charge is 0.121 e. The molecule has 108 valence electrons. The Hall–Kier alpha value is -1.22. The van der Waals surface area contributed by atoms with Crippen molar-refractivity contribution in [2.24, 2.45) is 5.41 Å². The van der Waals surface area contributed by atoms with Crippen molar-refractivity contribution in [1.82, 2.24) is 5.32 Å². The van der Waals surface area contributed by atoms with Crippen LogP contribution in [0.5, 0.6) is 5.75 Å². The highest BCUT2D eigenvalue weighted by Gasteiger charge is 2.08. The van der Waals surface area contributed by atoms with E-state index >= 15 is 0 Å². The molecule has 0 amide bonds. The van der Waals surface area contributed by atoms with Crippen molar-refractivity contribution in [2.45, 2.75) is 27.2 Å². The van der Waals surface area contributed by atoms with Gasteiger partial charge in [0.05, 0.1) is 0 Å². The summed E-state index contributed by atoms with van der Waals surface area (Å²) in [4.78, 5) is 2.08. The van der Waals surface area contributed by atoms with Gasteiger partial charge in [-0.15, -0.1) is 0 Å². The number of nitrogens with zero attached hydrogens (tertiary/aromatic N) is 1. The van der Waals surface area contributed by atoms with Crippen LogP contribution in [-0.2, 0) is 0 Å². The number of anilines is 1. The zero-order valence-corrected chi connectivity index (χ0v) is 13.0. The van der Waals surface area contributed by atoms with Crippen molar-refractivity contribution in [3.8, 4) is 5.75 Å². The van der Waals surface area contributed by atoms with Gasteiger partial charge in [0.25, 0.3) is 0 Å². The minimum atomic E-state index is 0.397. The Balaban J connectivity index is 2.21. The lowest BCUT2D eigenvalue weighted by Gasteiger charge is -2.18. The highest BCUT2D eigenvalue weighted by Crippen LogP contribution is 2.19. The molecule has 1 N–H and O–H groups in total. The van der Waals surface area contributed by atoms with E-state index in [9.17, 15) is 0 Å². The van der Waals surface area contributed by atoms with E-state index in [0.29, 0.717) is 12.0 Å². The van der Waals surface area contributed by atoms with Crippen LogP contribution in [0.3, 0.4) is 0 Å². The molecule has 3 heteroatoms. The van der Waals surface area contributed by atoms with E-state index in [4.69, 9.17) is 4.74 Å². The fourth-order valence-electron chi connectivity index (χ4n) is 1.68. The Kier molecular flexibility index (Phi) is 6.16. The largest absolute Gasteiger partial charge is 0.492 e. The molecule has 1 aromatic carbocycles. The summed E-state index contributed by atoms with van der Waals surface area (Å²) < 4.78 is 5.74. The van der Waals surface area contributed by atoms with E-state index < -0.39 is 0 Å². The van der Waals surface area contributed by atoms with Gasteiger partial charge in [0.1, 0.15) is 12.4 Å². The van der Waals surface area contributed by atoms with Gasteiger partial charge in [-0.05, 0) is 30.5 Å². The van der Waals surface area contributed by atoms with E-state index in [1.54, 1.807) is 0 Å². The summed E-state index contributed by atoms with van der Waals surface area (Å²) in [6.07, 6.45) is 1.18. The topological polar surface area (TPSA) is 24.5 Å². The van der Waals surface area contributed by atoms with Crippen LogP contribution < -0.4 is 15.0 Å². The van der Waals surface area contributed by atoms with Crippen LogP contribution in [0.4, 0.5) is 5.69 Å². The third kappa shape index (κ3) is 7.06. The molecule has 3 nitrogen and oxygen atoms in total. The lowest BCUT2D eigenvalue weighted by Crippen LogP contribution is -2.25. The van der Waals surface area contributed by atoms with Gasteiger partial charge in [-0.1, -0.05) is 26.8 Å². The van der Waals surface area contributed by atoms with E-state index in [-0.39, 0.29) is 0 Å².